The molecule has 4 heteroatoms. The normalized spacial score (nSPS) is 21.5. The minimum Gasteiger partial charge on any atom is -0.343 e. The molecule has 0 radical (unpaired) electrons. The van der Waals surface area contributed by atoms with Crippen molar-refractivity contribution in [3.05, 3.63) is 42.0 Å². The largest absolute Gasteiger partial charge is 0.343 e. The average Bonchev–Trinajstić information content (AvgIpc) is 2.63. The predicted octanol–water partition coefficient (Wildman–Crippen LogP) is 2.33. The molecule has 0 aromatic heterocycles. The van der Waals surface area contributed by atoms with Gasteiger partial charge in [-0.1, -0.05) is 42.5 Å². The number of amides is 1. The van der Waals surface area contributed by atoms with E-state index in [1.165, 1.54) is 5.56 Å². The standard InChI is InChI=1S/C20H29N3O/c1-18(24)22-12-9-20(10-13-22)23-16-14-21(15-17-23)11-5-8-19-6-3-2-4-7-19/h2-8,20H,9-17H2,1H3. The lowest BCUT2D eigenvalue weighted by Gasteiger charge is -2.42. The molecule has 0 aliphatic carbocycles. The van der Waals surface area contributed by atoms with E-state index in [0.29, 0.717) is 6.04 Å². The van der Waals surface area contributed by atoms with Crippen molar-refractivity contribution in [2.45, 2.75) is 25.8 Å². The van der Waals surface area contributed by atoms with Crippen LogP contribution >= 0.6 is 0 Å². The van der Waals surface area contributed by atoms with Crippen LogP contribution in [0.2, 0.25) is 0 Å². The first-order chi connectivity index (χ1) is 11.7. The van der Waals surface area contributed by atoms with E-state index in [4.69, 9.17) is 0 Å². The quantitative estimate of drug-likeness (QED) is 0.849. The number of piperazine rings is 1. The Morgan fingerprint density at radius 2 is 1.71 bits per heavy atom. The van der Waals surface area contributed by atoms with Gasteiger partial charge in [-0.05, 0) is 18.4 Å². The Hall–Kier alpha value is -1.65. The summed E-state index contributed by atoms with van der Waals surface area (Å²) in [7, 11) is 0. The number of hydrogen-bond acceptors (Lipinski definition) is 3. The van der Waals surface area contributed by atoms with Gasteiger partial charge < -0.3 is 4.90 Å². The van der Waals surface area contributed by atoms with Gasteiger partial charge in [0, 0.05) is 58.8 Å². The maximum absolute atomic E-state index is 11.4. The molecule has 1 aromatic carbocycles. The van der Waals surface area contributed by atoms with Gasteiger partial charge in [-0.25, -0.2) is 0 Å². The van der Waals surface area contributed by atoms with Crippen LogP contribution in [0.4, 0.5) is 0 Å². The van der Waals surface area contributed by atoms with Crippen LogP contribution in [0.1, 0.15) is 25.3 Å². The molecule has 1 amide bonds. The van der Waals surface area contributed by atoms with Crippen molar-refractivity contribution in [1.29, 1.82) is 0 Å². The van der Waals surface area contributed by atoms with Crippen LogP contribution < -0.4 is 0 Å². The maximum atomic E-state index is 11.4. The van der Waals surface area contributed by atoms with Crippen molar-refractivity contribution in [3.8, 4) is 0 Å². The fourth-order valence-electron chi connectivity index (χ4n) is 3.76. The highest BCUT2D eigenvalue weighted by Crippen LogP contribution is 2.18. The van der Waals surface area contributed by atoms with Crippen LogP contribution in [-0.4, -0.2) is 72.5 Å². The van der Waals surface area contributed by atoms with Crippen molar-refractivity contribution in [2.24, 2.45) is 0 Å². The number of nitrogens with zero attached hydrogens (tertiary/aromatic N) is 3. The number of rotatable bonds is 4. The number of carbonyl (C=O) groups is 1. The molecule has 2 fully saturated rings. The monoisotopic (exact) mass is 327 g/mol. The van der Waals surface area contributed by atoms with Crippen LogP contribution in [0.15, 0.2) is 36.4 Å². The summed E-state index contributed by atoms with van der Waals surface area (Å²) < 4.78 is 0. The molecule has 1 aromatic rings. The van der Waals surface area contributed by atoms with Gasteiger partial charge in [0.25, 0.3) is 0 Å². The molecule has 0 atom stereocenters. The van der Waals surface area contributed by atoms with Gasteiger partial charge in [-0.2, -0.15) is 0 Å². The minimum absolute atomic E-state index is 0.225. The van der Waals surface area contributed by atoms with E-state index >= 15 is 0 Å². The van der Waals surface area contributed by atoms with E-state index in [-0.39, 0.29) is 5.91 Å². The molecule has 4 nitrogen and oxygen atoms in total. The average molecular weight is 327 g/mol. The third-order valence-corrected chi connectivity index (χ3v) is 5.31. The molecule has 130 valence electrons. The first-order valence-electron chi connectivity index (χ1n) is 9.16. The van der Waals surface area contributed by atoms with Crippen molar-refractivity contribution < 1.29 is 4.79 Å². The number of benzene rings is 1. The van der Waals surface area contributed by atoms with Crippen LogP contribution in [-0.2, 0) is 4.79 Å². The highest BCUT2D eigenvalue weighted by Gasteiger charge is 2.27. The summed E-state index contributed by atoms with van der Waals surface area (Å²) in [5, 5.41) is 0. The molecule has 2 aliphatic heterocycles. The lowest BCUT2D eigenvalue weighted by molar-refractivity contribution is -0.130. The van der Waals surface area contributed by atoms with E-state index in [1.807, 2.05) is 4.90 Å². The van der Waals surface area contributed by atoms with Crippen LogP contribution in [0.3, 0.4) is 0 Å². The second kappa shape index (κ2) is 8.45. The lowest BCUT2D eigenvalue weighted by atomic mass is 10.0. The van der Waals surface area contributed by atoms with Gasteiger partial charge in [0.1, 0.15) is 0 Å². The summed E-state index contributed by atoms with van der Waals surface area (Å²) in [6.07, 6.45) is 6.75. The molecule has 2 aliphatic rings. The highest BCUT2D eigenvalue weighted by atomic mass is 16.2. The Morgan fingerprint density at radius 3 is 2.33 bits per heavy atom. The number of likely N-dealkylation sites (tertiary alicyclic amines) is 1. The van der Waals surface area contributed by atoms with E-state index in [1.54, 1.807) is 6.92 Å². The molecule has 24 heavy (non-hydrogen) atoms. The SMILES string of the molecule is CC(=O)N1CCC(N2CCN(CC=Cc3ccccc3)CC2)CC1. The Bertz CT molecular complexity index is 541. The number of carbonyl (C=O) groups excluding carboxylic acids is 1. The molecule has 0 bridgehead atoms. The molecule has 0 unspecified atom stereocenters. The topological polar surface area (TPSA) is 26.8 Å². The van der Waals surface area contributed by atoms with E-state index in [9.17, 15) is 4.79 Å². The zero-order valence-electron chi connectivity index (χ0n) is 14.7. The van der Waals surface area contributed by atoms with Gasteiger partial charge in [0.05, 0.1) is 0 Å². The van der Waals surface area contributed by atoms with Gasteiger partial charge in [-0.15, -0.1) is 0 Å². The first-order valence-corrected chi connectivity index (χ1v) is 9.16. The predicted molar refractivity (Wildman–Crippen MR) is 98.8 cm³/mol. The maximum Gasteiger partial charge on any atom is 0.219 e. The summed E-state index contributed by atoms with van der Waals surface area (Å²) in [6.45, 7) is 9.18. The zero-order chi connectivity index (χ0) is 16.8. The van der Waals surface area contributed by atoms with Crippen molar-refractivity contribution >= 4 is 12.0 Å². The van der Waals surface area contributed by atoms with Crippen molar-refractivity contribution in [1.82, 2.24) is 14.7 Å². The van der Waals surface area contributed by atoms with Crippen LogP contribution in [0, 0.1) is 0 Å². The van der Waals surface area contributed by atoms with Gasteiger partial charge in [0.2, 0.25) is 5.91 Å². The van der Waals surface area contributed by atoms with Crippen LogP contribution in [0.25, 0.3) is 6.08 Å². The number of hydrogen-bond donors (Lipinski definition) is 0. The summed E-state index contributed by atoms with van der Waals surface area (Å²) >= 11 is 0. The molecule has 0 saturated carbocycles. The van der Waals surface area contributed by atoms with Gasteiger partial charge >= 0.3 is 0 Å². The Morgan fingerprint density at radius 1 is 1.04 bits per heavy atom. The third-order valence-electron chi connectivity index (χ3n) is 5.31. The Balaban J connectivity index is 1.38. The van der Waals surface area contributed by atoms with Gasteiger partial charge in [-0.3, -0.25) is 14.6 Å². The summed E-state index contributed by atoms with van der Waals surface area (Å²) in [5.74, 6) is 0.225. The zero-order valence-corrected chi connectivity index (χ0v) is 14.7. The summed E-state index contributed by atoms with van der Waals surface area (Å²) in [6, 6.07) is 11.2. The molecular weight excluding hydrogens is 298 g/mol. The van der Waals surface area contributed by atoms with Crippen molar-refractivity contribution in [2.75, 3.05) is 45.8 Å². The second-order valence-electron chi connectivity index (χ2n) is 6.89. The lowest BCUT2D eigenvalue weighted by Crippen LogP contribution is -2.53. The minimum atomic E-state index is 0.225. The Kier molecular flexibility index (Phi) is 6.05. The van der Waals surface area contributed by atoms with Gasteiger partial charge in [0.15, 0.2) is 0 Å². The van der Waals surface area contributed by atoms with E-state index in [2.05, 4.69) is 52.3 Å². The first kappa shape index (κ1) is 17.2. The van der Waals surface area contributed by atoms with Crippen molar-refractivity contribution in [3.63, 3.8) is 0 Å². The summed E-state index contributed by atoms with van der Waals surface area (Å²) in [4.78, 5) is 18.6. The molecule has 0 spiro atoms. The van der Waals surface area contributed by atoms with Crippen LogP contribution in [0.5, 0.6) is 0 Å². The smallest absolute Gasteiger partial charge is 0.219 e. The second-order valence-corrected chi connectivity index (χ2v) is 6.89. The Labute approximate surface area is 145 Å². The molecule has 2 saturated heterocycles. The molecule has 2 heterocycles. The molecule has 3 rings (SSSR count). The highest BCUT2D eigenvalue weighted by molar-refractivity contribution is 5.73. The third kappa shape index (κ3) is 4.68. The fourth-order valence-corrected chi connectivity index (χ4v) is 3.76. The van der Waals surface area contributed by atoms with E-state index < -0.39 is 0 Å². The summed E-state index contributed by atoms with van der Waals surface area (Å²) in [5.41, 5.74) is 1.27. The molecular formula is C20H29N3O. The van der Waals surface area contributed by atoms with E-state index in [0.717, 1.165) is 58.7 Å². The fraction of sp³-hybridized carbons (Fsp3) is 0.550. The number of piperidine rings is 1. The molecule has 0 N–H and O–H groups in total.